The van der Waals surface area contributed by atoms with Gasteiger partial charge in [0.2, 0.25) is 0 Å². The third-order valence-corrected chi connectivity index (χ3v) is 3.85. The van der Waals surface area contributed by atoms with Gasteiger partial charge in [0.1, 0.15) is 5.82 Å². The highest BCUT2D eigenvalue weighted by molar-refractivity contribution is 5.68. The molecule has 1 aliphatic carbocycles. The zero-order chi connectivity index (χ0) is 14.8. The van der Waals surface area contributed by atoms with Crippen molar-refractivity contribution in [2.45, 2.75) is 25.7 Å². The van der Waals surface area contributed by atoms with Gasteiger partial charge in [0.15, 0.2) is 11.5 Å². The molecule has 1 heterocycles. The second kappa shape index (κ2) is 5.60. The third kappa shape index (κ3) is 2.39. The second-order valence-electron chi connectivity index (χ2n) is 5.09. The maximum atomic E-state index is 12.2. The predicted molar refractivity (Wildman–Crippen MR) is 80.0 cm³/mol. The number of fused-ring (bicyclic) bond motifs is 1. The quantitative estimate of drug-likeness (QED) is 0.940. The molecular formula is C16H18N2O3. The highest BCUT2D eigenvalue weighted by Gasteiger charge is 2.19. The van der Waals surface area contributed by atoms with Crippen LogP contribution in [-0.2, 0) is 12.8 Å². The second-order valence-corrected chi connectivity index (χ2v) is 5.09. The van der Waals surface area contributed by atoms with Gasteiger partial charge in [0, 0.05) is 5.56 Å². The van der Waals surface area contributed by atoms with Gasteiger partial charge in [-0.3, -0.25) is 4.79 Å². The van der Waals surface area contributed by atoms with Crippen molar-refractivity contribution in [3.63, 3.8) is 0 Å². The summed E-state index contributed by atoms with van der Waals surface area (Å²) in [6, 6.07) is 5.55. The van der Waals surface area contributed by atoms with Crippen molar-refractivity contribution in [3.05, 3.63) is 39.8 Å². The van der Waals surface area contributed by atoms with Crippen LogP contribution in [-0.4, -0.2) is 24.2 Å². The van der Waals surface area contributed by atoms with Crippen LogP contribution in [0.1, 0.15) is 24.1 Å². The summed E-state index contributed by atoms with van der Waals surface area (Å²) in [7, 11) is 3.17. The Morgan fingerprint density at radius 1 is 1.14 bits per heavy atom. The fourth-order valence-electron chi connectivity index (χ4n) is 2.80. The number of ether oxygens (including phenoxy) is 2. The van der Waals surface area contributed by atoms with Crippen LogP contribution in [0.3, 0.4) is 0 Å². The first-order valence-corrected chi connectivity index (χ1v) is 7.08. The van der Waals surface area contributed by atoms with E-state index in [0.717, 1.165) is 42.5 Å². The molecule has 1 aliphatic rings. The van der Waals surface area contributed by atoms with Gasteiger partial charge < -0.3 is 14.5 Å². The number of benzene rings is 1. The normalized spacial score (nSPS) is 13.6. The molecule has 0 unspecified atom stereocenters. The molecule has 0 spiro atoms. The Labute approximate surface area is 123 Å². The van der Waals surface area contributed by atoms with E-state index >= 15 is 0 Å². The van der Waals surface area contributed by atoms with Crippen LogP contribution in [0.2, 0.25) is 0 Å². The Morgan fingerprint density at radius 2 is 1.95 bits per heavy atom. The lowest BCUT2D eigenvalue weighted by Crippen LogP contribution is -2.21. The molecule has 0 saturated heterocycles. The smallest absolute Gasteiger partial charge is 0.254 e. The summed E-state index contributed by atoms with van der Waals surface area (Å²) in [4.78, 5) is 19.8. The molecule has 5 nitrogen and oxygen atoms in total. The standard InChI is InChI=1S/C16H18N2O3/c1-20-13-9-5-7-11(14(13)21-2)15-17-12-8-4-3-6-10(12)16(19)18-15/h5,7,9H,3-4,6,8H2,1-2H3,(H,17,18,19). The zero-order valence-electron chi connectivity index (χ0n) is 12.2. The van der Waals surface area contributed by atoms with Crippen LogP contribution >= 0.6 is 0 Å². The molecule has 0 atom stereocenters. The van der Waals surface area contributed by atoms with Gasteiger partial charge in [-0.1, -0.05) is 6.07 Å². The number of nitrogens with zero attached hydrogens (tertiary/aromatic N) is 1. The van der Waals surface area contributed by atoms with Gasteiger partial charge in [-0.2, -0.15) is 0 Å². The van der Waals surface area contributed by atoms with Crippen molar-refractivity contribution >= 4 is 0 Å². The van der Waals surface area contributed by atoms with E-state index < -0.39 is 0 Å². The maximum Gasteiger partial charge on any atom is 0.254 e. The monoisotopic (exact) mass is 286 g/mol. The largest absolute Gasteiger partial charge is 0.493 e. The first-order chi connectivity index (χ1) is 10.2. The number of aromatic nitrogens is 2. The van der Waals surface area contributed by atoms with E-state index in [4.69, 9.17) is 9.47 Å². The summed E-state index contributed by atoms with van der Waals surface area (Å²) >= 11 is 0. The number of aryl methyl sites for hydroxylation is 1. The minimum absolute atomic E-state index is 0.0421. The van der Waals surface area contributed by atoms with Crippen molar-refractivity contribution in [1.29, 1.82) is 0 Å². The van der Waals surface area contributed by atoms with Gasteiger partial charge >= 0.3 is 0 Å². The Kier molecular flexibility index (Phi) is 3.64. The first kappa shape index (κ1) is 13.7. The molecular weight excluding hydrogens is 268 g/mol. The average molecular weight is 286 g/mol. The van der Waals surface area contributed by atoms with Crippen LogP contribution < -0.4 is 15.0 Å². The lowest BCUT2D eigenvalue weighted by Gasteiger charge is -2.16. The molecule has 5 heteroatoms. The molecule has 110 valence electrons. The van der Waals surface area contributed by atoms with Gasteiger partial charge in [-0.05, 0) is 37.8 Å². The SMILES string of the molecule is COc1cccc(-c2nc3c(c(=O)[nH]2)CCCC3)c1OC. The molecule has 0 saturated carbocycles. The molecule has 2 aromatic rings. The van der Waals surface area contributed by atoms with Crippen molar-refractivity contribution in [2.24, 2.45) is 0 Å². The summed E-state index contributed by atoms with van der Waals surface area (Å²) in [6.45, 7) is 0. The minimum Gasteiger partial charge on any atom is -0.493 e. The van der Waals surface area contributed by atoms with Crippen LogP contribution in [0.5, 0.6) is 11.5 Å². The number of nitrogens with one attached hydrogen (secondary N) is 1. The number of hydrogen-bond acceptors (Lipinski definition) is 4. The molecule has 0 fully saturated rings. The number of aromatic amines is 1. The molecule has 1 aromatic carbocycles. The van der Waals surface area contributed by atoms with E-state index in [1.807, 2.05) is 18.2 Å². The lowest BCUT2D eigenvalue weighted by atomic mass is 9.97. The molecule has 0 aliphatic heterocycles. The van der Waals surface area contributed by atoms with Crippen LogP contribution in [0.4, 0.5) is 0 Å². The van der Waals surface area contributed by atoms with E-state index in [0.29, 0.717) is 17.3 Å². The van der Waals surface area contributed by atoms with Crippen LogP contribution in [0, 0.1) is 0 Å². The Morgan fingerprint density at radius 3 is 2.71 bits per heavy atom. The number of methoxy groups -OCH3 is 2. The van der Waals surface area contributed by atoms with Gasteiger partial charge in [0.05, 0.1) is 25.5 Å². The molecule has 21 heavy (non-hydrogen) atoms. The zero-order valence-corrected chi connectivity index (χ0v) is 12.2. The molecule has 1 aromatic heterocycles. The van der Waals surface area contributed by atoms with Crippen molar-refractivity contribution in [2.75, 3.05) is 14.2 Å². The maximum absolute atomic E-state index is 12.2. The fourth-order valence-corrected chi connectivity index (χ4v) is 2.80. The third-order valence-electron chi connectivity index (χ3n) is 3.85. The van der Waals surface area contributed by atoms with Gasteiger partial charge in [0.25, 0.3) is 5.56 Å². The first-order valence-electron chi connectivity index (χ1n) is 7.08. The van der Waals surface area contributed by atoms with E-state index in [1.54, 1.807) is 14.2 Å². The Balaban J connectivity index is 2.17. The number of H-pyrrole nitrogens is 1. The average Bonchev–Trinajstić information content (AvgIpc) is 2.54. The molecule has 1 N–H and O–H groups in total. The Hall–Kier alpha value is -2.30. The molecule has 0 radical (unpaired) electrons. The van der Waals surface area contributed by atoms with E-state index in [9.17, 15) is 4.79 Å². The van der Waals surface area contributed by atoms with Crippen LogP contribution in [0.15, 0.2) is 23.0 Å². The number of rotatable bonds is 3. The van der Waals surface area contributed by atoms with Crippen molar-refractivity contribution in [3.8, 4) is 22.9 Å². The molecule has 0 bridgehead atoms. The van der Waals surface area contributed by atoms with E-state index in [-0.39, 0.29) is 5.56 Å². The summed E-state index contributed by atoms with van der Waals surface area (Å²) in [5.74, 6) is 1.74. The van der Waals surface area contributed by atoms with E-state index in [2.05, 4.69) is 9.97 Å². The number of hydrogen-bond donors (Lipinski definition) is 1. The summed E-state index contributed by atoms with van der Waals surface area (Å²) in [6.07, 6.45) is 3.81. The van der Waals surface area contributed by atoms with Crippen LogP contribution in [0.25, 0.3) is 11.4 Å². The number of para-hydroxylation sites is 1. The summed E-state index contributed by atoms with van der Waals surface area (Å²) in [5.41, 5.74) is 2.43. The minimum atomic E-state index is -0.0421. The molecule has 3 rings (SSSR count). The van der Waals surface area contributed by atoms with Gasteiger partial charge in [-0.25, -0.2) is 4.98 Å². The fraction of sp³-hybridized carbons (Fsp3) is 0.375. The predicted octanol–water partition coefficient (Wildman–Crippen LogP) is 2.33. The highest BCUT2D eigenvalue weighted by Crippen LogP contribution is 2.36. The molecule has 0 amide bonds. The lowest BCUT2D eigenvalue weighted by molar-refractivity contribution is 0.356. The van der Waals surface area contributed by atoms with Crippen molar-refractivity contribution < 1.29 is 9.47 Å². The highest BCUT2D eigenvalue weighted by atomic mass is 16.5. The van der Waals surface area contributed by atoms with Crippen molar-refractivity contribution in [1.82, 2.24) is 9.97 Å². The Bertz CT molecular complexity index is 722. The van der Waals surface area contributed by atoms with E-state index in [1.165, 1.54) is 0 Å². The summed E-state index contributed by atoms with van der Waals surface area (Å²) < 4.78 is 10.7. The van der Waals surface area contributed by atoms with Gasteiger partial charge in [-0.15, -0.1) is 0 Å². The topological polar surface area (TPSA) is 64.2 Å². The summed E-state index contributed by atoms with van der Waals surface area (Å²) in [5, 5.41) is 0.